The molecule has 3 rings (SSSR count). The Morgan fingerprint density at radius 3 is 2.73 bits per heavy atom. The van der Waals surface area contributed by atoms with Gasteiger partial charge in [0.15, 0.2) is 0 Å². The van der Waals surface area contributed by atoms with E-state index in [0.717, 1.165) is 24.8 Å². The van der Waals surface area contributed by atoms with Gasteiger partial charge in [0.2, 0.25) is 15.9 Å². The monoisotopic (exact) mass is 382 g/mol. The summed E-state index contributed by atoms with van der Waals surface area (Å²) in [6.07, 6.45) is 2.75. The number of sulfonamides is 1. The highest BCUT2D eigenvalue weighted by molar-refractivity contribution is 7.89. The molecular weight excluding hydrogens is 356 g/mol. The third-order valence-electron chi connectivity index (χ3n) is 4.79. The Kier molecular flexibility index (Phi) is 6.29. The van der Waals surface area contributed by atoms with Crippen molar-refractivity contribution in [1.29, 1.82) is 0 Å². The lowest BCUT2D eigenvalue weighted by Crippen LogP contribution is -2.49. The average molecular weight is 382 g/mol. The molecule has 1 aromatic rings. The summed E-state index contributed by atoms with van der Waals surface area (Å²) in [6, 6.07) is 6.73. The molecule has 0 aromatic heterocycles. The second-order valence-corrected chi connectivity index (χ2v) is 8.63. The van der Waals surface area contributed by atoms with E-state index in [-0.39, 0.29) is 42.0 Å². The van der Waals surface area contributed by atoms with E-state index in [9.17, 15) is 13.2 Å². The van der Waals surface area contributed by atoms with Crippen LogP contribution < -0.4 is 10.0 Å². The predicted molar refractivity (Wildman–Crippen MR) is 96.2 cm³/mol. The van der Waals surface area contributed by atoms with Crippen LogP contribution in [0, 0.1) is 6.92 Å². The van der Waals surface area contributed by atoms with E-state index in [1.54, 1.807) is 18.2 Å². The summed E-state index contributed by atoms with van der Waals surface area (Å²) in [5.41, 5.74) is 0.870. The van der Waals surface area contributed by atoms with Crippen molar-refractivity contribution < 1.29 is 22.7 Å². The molecule has 2 N–H and O–H groups in total. The van der Waals surface area contributed by atoms with Gasteiger partial charge in [-0.15, -0.1) is 0 Å². The molecule has 0 bridgehead atoms. The van der Waals surface area contributed by atoms with Crippen LogP contribution in [0.5, 0.6) is 0 Å². The van der Waals surface area contributed by atoms with Gasteiger partial charge in [0.1, 0.15) is 0 Å². The molecule has 1 aliphatic carbocycles. The molecule has 0 radical (unpaired) electrons. The topological polar surface area (TPSA) is 93.7 Å². The second-order valence-electron chi connectivity index (χ2n) is 6.86. The summed E-state index contributed by atoms with van der Waals surface area (Å²) >= 11 is 0. The van der Waals surface area contributed by atoms with Gasteiger partial charge in [-0.2, -0.15) is 0 Å². The van der Waals surface area contributed by atoms with Crippen LogP contribution in [0.1, 0.15) is 31.2 Å². The Hall–Kier alpha value is -1.48. The van der Waals surface area contributed by atoms with Crippen LogP contribution in [0.25, 0.3) is 0 Å². The Morgan fingerprint density at radius 1 is 1.19 bits per heavy atom. The zero-order valence-corrected chi connectivity index (χ0v) is 15.8. The van der Waals surface area contributed by atoms with Crippen LogP contribution >= 0.6 is 0 Å². The highest BCUT2D eigenvalue weighted by atomic mass is 32.2. The van der Waals surface area contributed by atoms with Gasteiger partial charge < -0.3 is 14.8 Å². The maximum absolute atomic E-state index is 12.2. The number of carbonyl (C=O) groups is 1. The van der Waals surface area contributed by atoms with Crippen molar-refractivity contribution in [2.75, 3.05) is 19.8 Å². The number of carbonyl (C=O) groups excluding carboxylic acids is 1. The molecule has 1 saturated carbocycles. The maximum Gasteiger partial charge on any atom is 0.240 e. The Morgan fingerprint density at radius 2 is 1.96 bits per heavy atom. The molecule has 0 spiro atoms. The Labute approximate surface area is 154 Å². The van der Waals surface area contributed by atoms with Crippen molar-refractivity contribution in [1.82, 2.24) is 10.0 Å². The SMILES string of the molecule is Cc1cccc(S(=O)(=O)NCCC(=O)NC2CCC3OCCOC3C2)c1. The number of aryl methyl sites for hydroxylation is 1. The average Bonchev–Trinajstić information content (AvgIpc) is 2.61. The molecule has 1 aromatic carbocycles. The minimum Gasteiger partial charge on any atom is -0.373 e. The number of hydrogen-bond acceptors (Lipinski definition) is 5. The lowest BCUT2D eigenvalue weighted by Gasteiger charge is -2.39. The largest absolute Gasteiger partial charge is 0.373 e. The van der Waals surface area contributed by atoms with Crippen molar-refractivity contribution >= 4 is 15.9 Å². The van der Waals surface area contributed by atoms with Crippen molar-refractivity contribution in [3.63, 3.8) is 0 Å². The predicted octanol–water partition coefficient (Wildman–Crippen LogP) is 1.12. The first-order chi connectivity index (χ1) is 12.4. The van der Waals surface area contributed by atoms with Gasteiger partial charge in [-0.3, -0.25) is 4.79 Å². The minimum atomic E-state index is -3.59. The molecule has 3 unspecified atom stereocenters. The van der Waals surface area contributed by atoms with Gasteiger partial charge in [-0.05, 0) is 43.9 Å². The fraction of sp³-hybridized carbons (Fsp3) is 0.611. The molecule has 8 heteroatoms. The number of hydrogen-bond donors (Lipinski definition) is 2. The minimum absolute atomic E-state index is 0.0441. The van der Waals surface area contributed by atoms with E-state index < -0.39 is 10.0 Å². The number of nitrogens with one attached hydrogen (secondary N) is 2. The number of fused-ring (bicyclic) bond motifs is 1. The van der Waals surface area contributed by atoms with Gasteiger partial charge in [-0.1, -0.05) is 12.1 Å². The summed E-state index contributed by atoms with van der Waals surface area (Å²) in [7, 11) is -3.59. The molecule has 144 valence electrons. The number of benzene rings is 1. The van der Waals surface area contributed by atoms with Crippen LogP contribution in [-0.4, -0.2) is 52.3 Å². The summed E-state index contributed by atoms with van der Waals surface area (Å²) in [5, 5.41) is 2.98. The van der Waals surface area contributed by atoms with E-state index in [2.05, 4.69) is 10.0 Å². The van der Waals surface area contributed by atoms with E-state index in [1.165, 1.54) is 0 Å². The molecule has 2 aliphatic rings. The van der Waals surface area contributed by atoms with Crippen LogP contribution in [0.4, 0.5) is 0 Å². The fourth-order valence-corrected chi connectivity index (χ4v) is 4.60. The zero-order valence-electron chi connectivity index (χ0n) is 14.9. The van der Waals surface area contributed by atoms with Gasteiger partial charge in [-0.25, -0.2) is 13.1 Å². The molecule has 1 aliphatic heterocycles. The molecule has 2 fully saturated rings. The van der Waals surface area contributed by atoms with Crippen molar-refractivity contribution in [2.24, 2.45) is 0 Å². The third kappa shape index (κ3) is 5.03. The summed E-state index contributed by atoms with van der Waals surface area (Å²) in [6.45, 7) is 3.14. The molecule has 1 saturated heterocycles. The third-order valence-corrected chi connectivity index (χ3v) is 6.25. The molecule has 1 heterocycles. The van der Waals surface area contributed by atoms with E-state index in [0.29, 0.717) is 13.2 Å². The zero-order chi connectivity index (χ0) is 18.6. The molecule has 26 heavy (non-hydrogen) atoms. The van der Waals surface area contributed by atoms with Crippen molar-refractivity contribution in [3.05, 3.63) is 29.8 Å². The normalized spacial score (nSPS) is 26.1. The highest BCUT2D eigenvalue weighted by Gasteiger charge is 2.34. The van der Waals surface area contributed by atoms with Crippen LogP contribution in [-0.2, 0) is 24.3 Å². The molecule has 3 atom stereocenters. The van der Waals surface area contributed by atoms with E-state index in [4.69, 9.17) is 9.47 Å². The van der Waals surface area contributed by atoms with Crippen LogP contribution in [0.2, 0.25) is 0 Å². The fourth-order valence-electron chi connectivity index (χ4n) is 3.46. The quantitative estimate of drug-likeness (QED) is 0.769. The number of amides is 1. The van der Waals surface area contributed by atoms with Gasteiger partial charge in [0.25, 0.3) is 0 Å². The summed E-state index contributed by atoms with van der Waals surface area (Å²) < 4.78 is 38.3. The lowest BCUT2D eigenvalue weighted by molar-refractivity contribution is -0.158. The number of rotatable bonds is 6. The number of ether oxygens (including phenoxy) is 2. The first-order valence-electron chi connectivity index (χ1n) is 9.03. The Bertz CT molecular complexity index is 737. The van der Waals surface area contributed by atoms with Crippen LogP contribution in [0.3, 0.4) is 0 Å². The first kappa shape index (κ1) is 19.3. The lowest BCUT2D eigenvalue weighted by atomic mass is 9.89. The second kappa shape index (κ2) is 8.47. The molecule has 7 nitrogen and oxygen atoms in total. The van der Waals surface area contributed by atoms with Gasteiger partial charge >= 0.3 is 0 Å². The van der Waals surface area contributed by atoms with Crippen molar-refractivity contribution in [2.45, 2.75) is 55.8 Å². The Balaban J connectivity index is 1.43. The first-order valence-corrected chi connectivity index (χ1v) is 10.5. The highest BCUT2D eigenvalue weighted by Crippen LogP contribution is 2.26. The van der Waals surface area contributed by atoms with Crippen LogP contribution in [0.15, 0.2) is 29.2 Å². The van der Waals surface area contributed by atoms with Gasteiger partial charge in [0, 0.05) is 19.0 Å². The summed E-state index contributed by atoms with van der Waals surface area (Å²) in [4.78, 5) is 12.3. The molecule has 1 amide bonds. The van der Waals surface area contributed by atoms with E-state index >= 15 is 0 Å². The van der Waals surface area contributed by atoms with Crippen molar-refractivity contribution in [3.8, 4) is 0 Å². The van der Waals surface area contributed by atoms with Gasteiger partial charge in [0.05, 0.1) is 30.3 Å². The standard InChI is InChI=1S/C18H26N2O5S/c1-13-3-2-4-15(11-13)26(22,23)19-8-7-18(21)20-14-5-6-16-17(12-14)25-10-9-24-16/h2-4,11,14,16-17,19H,5-10,12H2,1H3,(H,20,21). The maximum atomic E-state index is 12.2. The smallest absolute Gasteiger partial charge is 0.240 e. The summed E-state index contributed by atoms with van der Waals surface area (Å²) in [5.74, 6) is -0.155. The molecular formula is C18H26N2O5S. The van der Waals surface area contributed by atoms with E-state index in [1.807, 2.05) is 13.0 Å².